The number of aromatic nitrogens is 3. The molecule has 1 atom stereocenters. The Balaban J connectivity index is 1.49. The monoisotopic (exact) mass is 428 g/mol. The number of thiazole rings is 1. The van der Waals surface area contributed by atoms with Crippen LogP contribution in [0.5, 0.6) is 0 Å². The Hall–Kier alpha value is -2.78. The zero-order valence-corrected chi connectivity index (χ0v) is 17.8. The van der Waals surface area contributed by atoms with Crippen molar-refractivity contribution in [3.05, 3.63) is 40.5 Å². The number of carbonyl (C=O) groups excluding carboxylic acids is 2. The predicted octanol–water partition coefficient (Wildman–Crippen LogP) is 3.86. The van der Waals surface area contributed by atoms with Crippen LogP contribution in [0, 0.1) is 6.92 Å². The lowest BCUT2D eigenvalue weighted by atomic mass is 10.1. The van der Waals surface area contributed by atoms with Crippen LogP contribution in [0.1, 0.15) is 53.3 Å². The molecule has 1 unspecified atom stereocenters. The quantitative estimate of drug-likeness (QED) is 0.599. The van der Waals surface area contributed by atoms with Crippen LogP contribution >= 0.6 is 11.3 Å². The lowest BCUT2D eigenvalue weighted by Crippen LogP contribution is -2.19. The molecule has 158 valence electrons. The highest BCUT2D eigenvalue weighted by Crippen LogP contribution is 2.28. The Labute approximate surface area is 178 Å². The van der Waals surface area contributed by atoms with Crippen LogP contribution in [0.25, 0.3) is 10.9 Å². The standard InChI is InChI=1S/C21H24N4O4S/c1-3-28-20(27)19-13(2)23-21(30-19)24-17(26)11-14-7-6-8-16-15(14)12-22-25(16)18-9-4-5-10-29-18/h6-8,12,18H,3-5,9-11H2,1-2H3,(H,23,24,26). The number of hydrogen-bond acceptors (Lipinski definition) is 7. The Morgan fingerprint density at radius 1 is 1.37 bits per heavy atom. The highest BCUT2D eigenvalue weighted by molar-refractivity contribution is 7.17. The maximum absolute atomic E-state index is 12.6. The Kier molecular flexibility index (Phi) is 6.10. The van der Waals surface area contributed by atoms with E-state index in [0.717, 1.165) is 53.7 Å². The summed E-state index contributed by atoms with van der Waals surface area (Å²) in [5.41, 5.74) is 2.39. The fourth-order valence-corrected chi connectivity index (χ4v) is 4.48. The summed E-state index contributed by atoms with van der Waals surface area (Å²) in [5, 5.41) is 8.64. The molecule has 9 heteroatoms. The summed E-state index contributed by atoms with van der Waals surface area (Å²) in [7, 11) is 0. The van der Waals surface area contributed by atoms with Gasteiger partial charge in [-0.25, -0.2) is 14.5 Å². The minimum atomic E-state index is -0.421. The van der Waals surface area contributed by atoms with Gasteiger partial charge >= 0.3 is 5.97 Å². The van der Waals surface area contributed by atoms with Crippen LogP contribution in [0.15, 0.2) is 24.4 Å². The number of amides is 1. The smallest absolute Gasteiger partial charge is 0.350 e. The minimum absolute atomic E-state index is 0.0556. The molecule has 0 radical (unpaired) electrons. The van der Waals surface area contributed by atoms with E-state index in [9.17, 15) is 9.59 Å². The van der Waals surface area contributed by atoms with Gasteiger partial charge in [-0.05, 0) is 44.7 Å². The number of anilines is 1. The van der Waals surface area contributed by atoms with Crippen molar-refractivity contribution in [2.45, 2.75) is 45.8 Å². The third-order valence-electron chi connectivity index (χ3n) is 5.01. The van der Waals surface area contributed by atoms with E-state index in [-0.39, 0.29) is 18.6 Å². The summed E-state index contributed by atoms with van der Waals surface area (Å²) < 4.78 is 12.8. The highest BCUT2D eigenvalue weighted by Gasteiger charge is 2.21. The highest BCUT2D eigenvalue weighted by atomic mass is 32.1. The SMILES string of the molecule is CCOC(=O)c1sc(NC(=O)Cc2cccc3c2cnn3C2CCCCO2)nc1C. The second-order valence-corrected chi connectivity index (χ2v) is 8.14. The van der Waals surface area contributed by atoms with Gasteiger partial charge in [0.1, 0.15) is 4.88 Å². The van der Waals surface area contributed by atoms with Crippen molar-refractivity contribution < 1.29 is 19.1 Å². The van der Waals surface area contributed by atoms with E-state index < -0.39 is 5.97 Å². The van der Waals surface area contributed by atoms with E-state index in [0.29, 0.717) is 22.3 Å². The summed E-state index contributed by atoms with van der Waals surface area (Å²) in [4.78, 5) is 29.3. The number of carbonyl (C=O) groups is 2. The number of benzene rings is 1. The number of esters is 1. The van der Waals surface area contributed by atoms with Gasteiger partial charge in [-0.1, -0.05) is 23.5 Å². The first kappa shape index (κ1) is 20.5. The van der Waals surface area contributed by atoms with Gasteiger partial charge in [0.2, 0.25) is 5.91 Å². The molecule has 1 N–H and O–H groups in total. The molecule has 4 rings (SSSR count). The molecule has 3 heterocycles. The van der Waals surface area contributed by atoms with Crippen LogP contribution in [0.4, 0.5) is 5.13 Å². The van der Waals surface area contributed by atoms with E-state index in [1.54, 1.807) is 20.0 Å². The molecule has 1 aromatic carbocycles. The van der Waals surface area contributed by atoms with E-state index in [4.69, 9.17) is 9.47 Å². The van der Waals surface area contributed by atoms with Crippen LogP contribution in [-0.4, -0.2) is 39.9 Å². The Bertz CT molecular complexity index is 1070. The molecule has 1 aliphatic rings. The third-order valence-corrected chi connectivity index (χ3v) is 6.07. The number of aryl methyl sites for hydroxylation is 1. The van der Waals surface area contributed by atoms with Crippen LogP contribution in [0.2, 0.25) is 0 Å². The summed E-state index contributed by atoms with van der Waals surface area (Å²) in [6.07, 6.45) is 5.06. The lowest BCUT2D eigenvalue weighted by Gasteiger charge is -2.23. The Morgan fingerprint density at radius 2 is 2.23 bits per heavy atom. The average molecular weight is 429 g/mol. The fourth-order valence-electron chi connectivity index (χ4n) is 3.60. The van der Waals surface area contributed by atoms with E-state index in [2.05, 4.69) is 15.4 Å². The molecule has 1 fully saturated rings. The second kappa shape index (κ2) is 8.93. The molecule has 0 bridgehead atoms. The first-order valence-corrected chi connectivity index (χ1v) is 10.9. The maximum atomic E-state index is 12.6. The average Bonchev–Trinajstić information content (AvgIpc) is 3.33. The number of nitrogens with zero attached hydrogens (tertiary/aromatic N) is 3. The van der Waals surface area contributed by atoms with Crippen molar-refractivity contribution in [3.63, 3.8) is 0 Å². The molecule has 2 aromatic heterocycles. The Morgan fingerprint density at radius 3 is 3.00 bits per heavy atom. The van der Waals surface area contributed by atoms with E-state index >= 15 is 0 Å². The molecule has 1 saturated heterocycles. The van der Waals surface area contributed by atoms with Crippen molar-refractivity contribution in [2.24, 2.45) is 0 Å². The summed E-state index contributed by atoms with van der Waals surface area (Å²) in [6.45, 7) is 4.51. The van der Waals surface area contributed by atoms with Crippen molar-refractivity contribution >= 4 is 39.2 Å². The number of nitrogens with one attached hydrogen (secondary N) is 1. The second-order valence-electron chi connectivity index (χ2n) is 7.14. The van der Waals surface area contributed by atoms with Gasteiger partial charge in [0, 0.05) is 12.0 Å². The topological polar surface area (TPSA) is 95.3 Å². The van der Waals surface area contributed by atoms with Gasteiger partial charge in [-0.15, -0.1) is 0 Å². The number of ether oxygens (including phenoxy) is 2. The first-order valence-electron chi connectivity index (χ1n) is 10.1. The third kappa shape index (κ3) is 4.22. The molecule has 3 aromatic rings. The van der Waals surface area contributed by atoms with Gasteiger partial charge in [-0.2, -0.15) is 5.10 Å². The predicted molar refractivity (Wildman–Crippen MR) is 114 cm³/mol. The normalized spacial score (nSPS) is 16.5. The van der Waals surface area contributed by atoms with Gasteiger partial charge in [0.15, 0.2) is 11.4 Å². The summed E-state index contributed by atoms with van der Waals surface area (Å²) in [5.74, 6) is -0.622. The minimum Gasteiger partial charge on any atom is -0.462 e. The largest absolute Gasteiger partial charge is 0.462 e. The van der Waals surface area contributed by atoms with Crippen LogP contribution < -0.4 is 5.32 Å². The zero-order chi connectivity index (χ0) is 21.1. The van der Waals surface area contributed by atoms with Crippen molar-refractivity contribution in [2.75, 3.05) is 18.5 Å². The van der Waals surface area contributed by atoms with Crippen LogP contribution in [0.3, 0.4) is 0 Å². The van der Waals surface area contributed by atoms with Gasteiger partial charge in [0.05, 0.1) is 30.4 Å². The molecule has 0 saturated carbocycles. The first-order chi connectivity index (χ1) is 14.6. The van der Waals surface area contributed by atoms with Crippen molar-refractivity contribution in [1.29, 1.82) is 0 Å². The summed E-state index contributed by atoms with van der Waals surface area (Å²) >= 11 is 1.12. The molecule has 8 nitrogen and oxygen atoms in total. The molecular formula is C21H24N4O4S. The molecular weight excluding hydrogens is 404 g/mol. The van der Waals surface area contributed by atoms with E-state index in [1.165, 1.54) is 0 Å². The molecule has 0 spiro atoms. The summed E-state index contributed by atoms with van der Waals surface area (Å²) in [6, 6.07) is 5.85. The van der Waals surface area contributed by atoms with Gasteiger partial charge in [0.25, 0.3) is 0 Å². The molecule has 1 aliphatic heterocycles. The molecule has 1 amide bonds. The number of hydrogen-bond donors (Lipinski definition) is 1. The fraction of sp³-hybridized carbons (Fsp3) is 0.429. The maximum Gasteiger partial charge on any atom is 0.350 e. The zero-order valence-electron chi connectivity index (χ0n) is 17.0. The lowest BCUT2D eigenvalue weighted by molar-refractivity contribution is -0.115. The number of fused-ring (bicyclic) bond motifs is 1. The van der Waals surface area contributed by atoms with Crippen molar-refractivity contribution in [3.8, 4) is 0 Å². The van der Waals surface area contributed by atoms with E-state index in [1.807, 2.05) is 22.9 Å². The van der Waals surface area contributed by atoms with Crippen LogP contribution in [-0.2, 0) is 20.7 Å². The molecule has 30 heavy (non-hydrogen) atoms. The molecule has 0 aliphatic carbocycles. The van der Waals surface area contributed by atoms with Gasteiger partial charge < -0.3 is 14.8 Å². The van der Waals surface area contributed by atoms with Crippen molar-refractivity contribution in [1.82, 2.24) is 14.8 Å². The van der Waals surface area contributed by atoms with Gasteiger partial charge in [-0.3, -0.25) is 4.79 Å². The number of rotatable bonds is 6.